The summed E-state index contributed by atoms with van der Waals surface area (Å²) >= 11 is 0. The first-order valence-corrected chi connectivity index (χ1v) is 6.73. The maximum atomic E-state index is 11.7. The number of esters is 1. The lowest BCUT2D eigenvalue weighted by Gasteiger charge is -2.08. The third kappa shape index (κ3) is 2.50. The van der Waals surface area contributed by atoms with Crippen molar-refractivity contribution < 1.29 is 9.53 Å². The van der Waals surface area contributed by atoms with Crippen LogP contribution in [0, 0.1) is 6.92 Å². The third-order valence-corrected chi connectivity index (χ3v) is 3.53. The van der Waals surface area contributed by atoms with Crippen LogP contribution in [0.15, 0.2) is 54.7 Å². The Morgan fingerprint density at radius 3 is 2.67 bits per heavy atom. The molecular formula is C18H15NO2. The molecule has 0 unspecified atom stereocenters. The second-order valence-electron chi connectivity index (χ2n) is 4.92. The quantitative estimate of drug-likeness (QED) is 0.665. The molecule has 0 saturated heterocycles. The van der Waals surface area contributed by atoms with Crippen LogP contribution in [0.4, 0.5) is 0 Å². The summed E-state index contributed by atoms with van der Waals surface area (Å²) in [5.74, 6) is -0.325. The van der Waals surface area contributed by atoms with Crippen LogP contribution in [-0.4, -0.2) is 18.1 Å². The number of pyridine rings is 1. The van der Waals surface area contributed by atoms with Crippen molar-refractivity contribution in [2.75, 3.05) is 7.11 Å². The van der Waals surface area contributed by atoms with E-state index in [2.05, 4.69) is 4.98 Å². The third-order valence-electron chi connectivity index (χ3n) is 3.53. The van der Waals surface area contributed by atoms with Gasteiger partial charge in [0.1, 0.15) is 0 Å². The van der Waals surface area contributed by atoms with Crippen molar-refractivity contribution in [2.45, 2.75) is 6.92 Å². The van der Waals surface area contributed by atoms with Gasteiger partial charge in [0, 0.05) is 17.5 Å². The highest BCUT2D eigenvalue weighted by Gasteiger charge is 2.09. The van der Waals surface area contributed by atoms with Gasteiger partial charge in [0.2, 0.25) is 0 Å². The van der Waals surface area contributed by atoms with Crippen molar-refractivity contribution in [2.24, 2.45) is 0 Å². The Morgan fingerprint density at radius 1 is 1.10 bits per heavy atom. The standard InChI is InChI=1S/C18H15NO2/c1-12-6-7-15(11-19-12)16-5-3-4-13-8-9-14(10-17(13)16)18(20)21-2/h3-11H,1-2H3. The summed E-state index contributed by atoms with van der Waals surface area (Å²) in [5, 5.41) is 2.10. The fourth-order valence-electron chi connectivity index (χ4n) is 2.40. The normalized spacial score (nSPS) is 10.6. The van der Waals surface area contributed by atoms with E-state index in [1.165, 1.54) is 7.11 Å². The summed E-state index contributed by atoms with van der Waals surface area (Å²) < 4.78 is 4.80. The van der Waals surface area contributed by atoms with Crippen molar-refractivity contribution in [3.8, 4) is 11.1 Å². The smallest absolute Gasteiger partial charge is 0.337 e. The summed E-state index contributed by atoms with van der Waals surface area (Å²) in [7, 11) is 1.39. The molecule has 0 aliphatic heterocycles. The number of fused-ring (bicyclic) bond motifs is 1. The minimum Gasteiger partial charge on any atom is -0.465 e. The Labute approximate surface area is 123 Å². The number of hydrogen-bond acceptors (Lipinski definition) is 3. The van der Waals surface area contributed by atoms with E-state index in [1.807, 2.05) is 55.6 Å². The molecule has 21 heavy (non-hydrogen) atoms. The maximum absolute atomic E-state index is 11.7. The van der Waals surface area contributed by atoms with E-state index >= 15 is 0 Å². The Balaban J connectivity index is 2.22. The zero-order valence-electron chi connectivity index (χ0n) is 12.0. The predicted molar refractivity (Wildman–Crippen MR) is 83.3 cm³/mol. The van der Waals surface area contributed by atoms with Crippen molar-refractivity contribution in [1.82, 2.24) is 4.98 Å². The summed E-state index contributed by atoms with van der Waals surface area (Å²) in [5.41, 5.74) is 3.63. The van der Waals surface area contributed by atoms with Crippen LogP contribution in [0.25, 0.3) is 21.9 Å². The zero-order valence-corrected chi connectivity index (χ0v) is 12.0. The minimum atomic E-state index is -0.325. The summed E-state index contributed by atoms with van der Waals surface area (Å²) in [6, 6.07) is 15.7. The van der Waals surface area contributed by atoms with E-state index in [0.29, 0.717) is 5.56 Å². The van der Waals surface area contributed by atoms with E-state index in [4.69, 9.17) is 4.74 Å². The molecule has 2 aromatic carbocycles. The molecule has 0 aliphatic carbocycles. The summed E-state index contributed by atoms with van der Waals surface area (Å²) in [6.07, 6.45) is 1.86. The van der Waals surface area contributed by atoms with Crippen LogP contribution in [0.1, 0.15) is 16.1 Å². The van der Waals surface area contributed by atoms with E-state index < -0.39 is 0 Å². The highest BCUT2D eigenvalue weighted by Crippen LogP contribution is 2.29. The van der Waals surface area contributed by atoms with Gasteiger partial charge in [0.25, 0.3) is 0 Å². The molecule has 1 heterocycles. The van der Waals surface area contributed by atoms with Crippen molar-refractivity contribution >= 4 is 16.7 Å². The number of nitrogens with zero attached hydrogens (tertiary/aromatic N) is 1. The topological polar surface area (TPSA) is 39.2 Å². The number of carbonyl (C=O) groups is 1. The number of benzene rings is 2. The Bertz CT molecular complexity index is 807. The largest absolute Gasteiger partial charge is 0.465 e. The molecular weight excluding hydrogens is 262 g/mol. The molecule has 1 aromatic heterocycles. The van der Waals surface area contributed by atoms with Crippen LogP contribution >= 0.6 is 0 Å². The molecule has 3 aromatic rings. The van der Waals surface area contributed by atoms with Gasteiger partial charge in [-0.1, -0.05) is 30.3 Å². The molecule has 104 valence electrons. The van der Waals surface area contributed by atoms with Gasteiger partial charge >= 0.3 is 5.97 Å². The number of methoxy groups -OCH3 is 1. The summed E-state index contributed by atoms with van der Waals surface area (Å²) in [6.45, 7) is 1.96. The average Bonchev–Trinajstić information content (AvgIpc) is 2.54. The maximum Gasteiger partial charge on any atom is 0.337 e. The molecule has 0 N–H and O–H groups in total. The Morgan fingerprint density at radius 2 is 1.95 bits per heavy atom. The van der Waals surface area contributed by atoms with E-state index in [-0.39, 0.29) is 5.97 Å². The molecule has 0 radical (unpaired) electrons. The fourth-order valence-corrected chi connectivity index (χ4v) is 2.40. The minimum absolute atomic E-state index is 0.325. The number of carbonyl (C=O) groups excluding carboxylic acids is 1. The first kappa shape index (κ1) is 13.3. The van der Waals surface area contributed by atoms with Crippen LogP contribution in [-0.2, 0) is 4.74 Å². The number of aryl methyl sites for hydroxylation is 1. The van der Waals surface area contributed by atoms with Gasteiger partial charge in [-0.2, -0.15) is 0 Å². The lowest BCUT2D eigenvalue weighted by Crippen LogP contribution is -2.00. The van der Waals surface area contributed by atoms with Gasteiger partial charge in [0.15, 0.2) is 0 Å². The van der Waals surface area contributed by atoms with E-state index in [0.717, 1.165) is 27.6 Å². The van der Waals surface area contributed by atoms with Crippen LogP contribution < -0.4 is 0 Å². The lowest BCUT2D eigenvalue weighted by molar-refractivity contribution is 0.0601. The van der Waals surface area contributed by atoms with Crippen molar-refractivity contribution in [3.05, 3.63) is 66.0 Å². The molecule has 3 heteroatoms. The van der Waals surface area contributed by atoms with E-state index in [1.54, 1.807) is 6.07 Å². The summed E-state index contributed by atoms with van der Waals surface area (Å²) in [4.78, 5) is 16.1. The van der Waals surface area contributed by atoms with Crippen LogP contribution in [0.5, 0.6) is 0 Å². The molecule has 0 spiro atoms. The first-order chi connectivity index (χ1) is 10.2. The van der Waals surface area contributed by atoms with Gasteiger partial charge < -0.3 is 4.74 Å². The number of aromatic nitrogens is 1. The van der Waals surface area contributed by atoms with Gasteiger partial charge in [-0.3, -0.25) is 4.98 Å². The Kier molecular flexibility index (Phi) is 3.40. The zero-order chi connectivity index (χ0) is 14.8. The molecule has 0 atom stereocenters. The molecule has 3 nitrogen and oxygen atoms in total. The van der Waals surface area contributed by atoms with Crippen molar-refractivity contribution in [3.63, 3.8) is 0 Å². The van der Waals surface area contributed by atoms with Gasteiger partial charge in [-0.25, -0.2) is 4.79 Å². The molecule has 3 rings (SSSR count). The predicted octanol–water partition coefficient (Wildman–Crippen LogP) is 4.00. The molecule has 0 bridgehead atoms. The highest BCUT2D eigenvalue weighted by molar-refractivity contribution is 6.01. The SMILES string of the molecule is COC(=O)c1ccc2cccc(-c3ccc(C)nc3)c2c1. The average molecular weight is 277 g/mol. The van der Waals surface area contributed by atoms with Crippen LogP contribution in [0.3, 0.4) is 0 Å². The van der Waals surface area contributed by atoms with Gasteiger partial charge in [-0.05, 0) is 41.5 Å². The number of hydrogen-bond donors (Lipinski definition) is 0. The first-order valence-electron chi connectivity index (χ1n) is 6.73. The van der Waals surface area contributed by atoms with Crippen molar-refractivity contribution in [1.29, 1.82) is 0 Å². The molecule has 0 saturated carbocycles. The molecule has 0 aliphatic rings. The van der Waals surface area contributed by atoms with Crippen LogP contribution in [0.2, 0.25) is 0 Å². The second-order valence-corrected chi connectivity index (χ2v) is 4.92. The van der Waals surface area contributed by atoms with E-state index in [9.17, 15) is 4.79 Å². The molecule has 0 amide bonds. The monoisotopic (exact) mass is 277 g/mol. The number of rotatable bonds is 2. The Hall–Kier alpha value is -2.68. The second kappa shape index (κ2) is 5.37. The highest BCUT2D eigenvalue weighted by atomic mass is 16.5. The van der Waals surface area contributed by atoms with Gasteiger partial charge in [0.05, 0.1) is 12.7 Å². The lowest BCUT2D eigenvalue weighted by atomic mass is 9.97. The van der Waals surface area contributed by atoms with Gasteiger partial charge in [-0.15, -0.1) is 0 Å². The fraction of sp³-hybridized carbons (Fsp3) is 0.111. The molecule has 0 fully saturated rings. The number of ether oxygens (including phenoxy) is 1.